The maximum atomic E-state index is 11.8. The molecule has 6 nitrogen and oxygen atoms in total. The van der Waals surface area contributed by atoms with Gasteiger partial charge in [-0.25, -0.2) is 9.97 Å². The number of benzene rings is 2. The number of nitrogens with zero attached hydrogens (tertiary/aromatic N) is 2. The summed E-state index contributed by atoms with van der Waals surface area (Å²) < 4.78 is 11.6. The molecule has 7 rings (SSSR count). The van der Waals surface area contributed by atoms with E-state index in [9.17, 15) is 4.79 Å². The minimum absolute atomic E-state index is 0.104. The zero-order chi connectivity index (χ0) is 26.8. The Morgan fingerprint density at radius 3 is 2.38 bits per heavy atom. The van der Waals surface area contributed by atoms with Crippen molar-refractivity contribution in [2.75, 3.05) is 18.5 Å². The normalized spacial score (nSPS) is 24.9. The third kappa shape index (κ3) is 5.39. The van der Waals surface area contributed by atoms with Gasteiger partial charge < -0.3 is 14.8 Å². The van der Waals surface area contributed by atoms with Gasteiger partial charge in [-0.1, -0.05) is 37.3 Å². The SMILES string of the molecule is CCOC(=O)CNc1cnc(-c2ccc(OCc3ccccc3)c(C34CC5CC(CC(C5)C3)C4)c2)nc1CC. The molecule has 3 aromatic rings. The summed E-state index contributed by atoms with van der Waals surface area (Å²) in [6.07, 6.45) is 10.5. The van der Waals surface area contributed by atoms with Gasteiger partial charge in [-0.05, 0) is 98.8 Å². The molecule has 4 fully saturated rings. The van der Waals surface area contributed by atoms with Crippen LogP contribution in [0.5, 0.6) is 5.75 Å². The molecule has 6 heteroatoms. The zero-order valence-corrected chi connectivity index (χ0v) is 23.1. The van der Waals surface area contributed by atoms with Crippen LogP contribution in [-0.2, 0) is 28.0 Å². The maximum absolute atomic E-state index is 11.8. The van der Waals surface area contributed by atoms with E-state index in [1.807, 2.05) is 13.0 Å². The number of hydrogen-bond acceptors (Lipinski definition) is 6. The van der Waals surface area contributed by atoms with E-state index in [1.54, 1.807) is 6.20 Å². The van der Waals surface area contributed by atoms with Crippen molar-refractivity contribution >= 4 is 11.7 Å². The fourth-order valence-electron chi connectivity index (χ4n) is 7.74. The number of rotatable bonds is 10. The Labute approximate surface area is 231 Å². The van der Waals surface area contributed by atoms with Crippen LogP contribution >= 0.6 is 0 Å². The molecule has 1 aromatic heterocycles. The van der Waals surface area contributed by atoms with Crippen LogP contribution in [0.1, 0.15) is 69.2 Å². The monoisotopic (exact) mass is 525 g/mol. The number of ether oxygens (including phenoxy) is 2. The molecule has 39 heavy (non-hydrogen) atoms. The molecule has 4 saturated carbocycles. The summed E-state index contributed by atoms with van der Waals surface area (Å²) in [5.74, 6) is 3.97. The smallest absolute Gasteiger partial charge is 0.325 e. The second-order valence-electron chi connectivity index (χ2n) is 11.7. The first kappa shape index (κ1) is 25.8. The van der Waals surface area contributed by atoms with Crippen LogP contribution in [0.4, 0.5) is 5.69 Å². The summed E-state index contributed by atoms with van der Waals surface area (Å²) in [4.78, 5) is 21.5. The van der Waals surface area contributed by atoms with Gasteiger partial charge in [0.1, 0.15) is 18.9 Å². The standard InChI is InChI=1S/C33H39N3O3/c1-3-28-29(34-20-31(37)38-4-2)19-35-32(36-28)26-10-11-30(39-21-22-8-6-5-7-9-22)27(15-26)33-16-23-12-24(17-33)14-25(13-23)18-33/h5-11,15,19,23-25,34H,3-4,12-14,16-18,20-21H2,1-2H3. The molecule has 0 aliphatic heterocycles. The molecular weight excluding hydrogens is 486 g/mol. The largest absolute Gasteiger partial charge is 0.489 e. The van der Waals surface area contributed by atoms with Gasteiger partial charge in [0.15, 0.2) is 5.82 Å². The number of nitrogens with one attached hydrogen (secondary N) is 1. The van der Waals surface area contributed by atoms with Gasteiger partial charge >= 0.3 is 5.97 Å². The number of aromatic nitrogens is 2. The molecular formula is C33H39N3O3. The van der Waals surface area contributed by atoms with E-state index in [4.69, 9.17) is 19.4 Å². The molecule has 0 radical (unpaired) electrons. The molecule has 2 aromatic carbocycles. The number of anilines is 1. The van der Waals surface area contributed by atoms with Crippen molar-refractivity contribution in [2.45, 2.75) is 70.8 Å². The highest BCUT2D eigenvalue weighted by Gasteiger charge is 2.52. The average molecular weight is 526 g/mol. The molecule has 4 aliphatic rings. The van der Waals surface area contributed by atoms with Crippen LogP contribution in [0.2, 0.25) is 0 Å². The van der Waals surface area contributed by atoms with E-state index >= 15 is 0 Å². The van der Waals surface area contributed by atoms with Gasteiger partial charge in [0, 0.05) is 11.1 Å². The number of carbonyl (C=O) groups excluding carboxylic acids is 1. The predicted octanol–water partition coefficient (Wildman–Crippen LogP) is 6.73. The average Bonchev–Trinajstić information content (AvgIpc) is 2.95. The molecule has 1 N–H and O–H groups in total. The van der Waals surface area contributed by atoms with Crippen LogP contribution in [0.25, 0.3) is 11.4 Å². The van der Waals surface area contributed by atoms with Crippen molar-refractivity contribution in [3.8, 4) is 17.1 Å². The molecule has 0 spiro atoms. The fourth-order valence-corrected chi connectivity index (χ4v) is 7.74. The Morgan fingerprint density at radius 1 is 1.00 bits per heavy atom. The molecule has 0 amide bonds. The molecule has 0 atom stereocenters. The van der Waals surface area contributed by atoms with Gasteiger partial charge in [0.2, 0.25) is 0 Å². The van der Waals surface area contributed by atoms with E-state index in [-0.39, 0.29) is 17.9 Å². The van der Waals surface area contributed by atoms with Crippen LogP contribution in [0, 0.1) is 17.8 Å². The van der Waals surface area contributed by atoms with E-state index < -0.39 is 0 Å². The van der Waals surface area contributed by atoms with E-state index in [1.165, 1.54) is 49.7 Å². The van der Waals surface area contributed by atoms with Crippen LogP contribution in [-0.4, -0.2) is 29.1 Å². The number of aryl methyl sites for hydroxylation is 1. The number of hydrogen-bond donors (Lipinski definition) is 1. The summed E-state index contributed by atoms with van der Waals surface area (Å²) in [6, 6.07) is 17.0. The van der Waals surface area contributed by atoms with Crippen molar-refractivity contribution in [3.63, 3.8) is 0 Å². The summed E-state index contributed by atoms with van der Waals surface area (Å²) in [6.45, 7) is 4.92. The van der Waals surface area contributed by atoms with Gasteiger partial charge in [-0.15, -0.1) is 0 Å². The van der Waals surface area contributed by atoms with Crippen LogP contribution in [0.15, 0.2) is 54.7 Å². The first-order valence-corrected chi connectivity index (χ1v) is 14.6. The Balaban J connectivity index is 1.32. The third-order valence-electron chi connectivity index (χ3n) is 9.02. The maximum Gasteiger partial charge on any atom is 0.325 e. The Kier molecular flexibility index (Phi) is 7.28. The van der Waals surface area contributed by atoms with Crippen LogP contribution in [0.3, 0.4) is 0 Å². The lowest BCUT2D eigenvalue weighted by atomic mass is 9.48. The van der Waals surface area contributed by atoms with E-state index in [2.05, 4.69) is 54.7 Å². The van der Waals surface area contributed by atoms with Crippen LogP contribution < -0.4 is 10.1 Å². The lowest BCUT2D eigenvalue weighted by Crippen LogP contribution is -2.48. The number of carbonyl (C=O) groups is 1. The summed E-state index contributed by atoms with van der Waals surface area (Å²) in [5, 5.41) is 3.15. The van der Waals surface area contributed by atoms with Gasteiger partial charge in [-0.2, -0.15) is 0 Å². The van der Waals surface area contributed by atoms with E-state index in [0.29, 0.717) is 19.0 Å². The second kappa shape index (κ2) is 11.0. The minimum atomic E-state index is -0.282. The highest BCUT2D eigenvalue weighted by Crippen LogP contribution is 2.62. The topological polar surface area (TPSA) is 73.3 Å². The van der Waals surface area contributed by atoms with Gasteiger partial charge in [-0.3, -0.25) is 4.79 Å². The third-order valence-corrected chi connectivity index (χ3v) is 9.02. The molecule has 204 valence electrons. The Morgan fingerprint density at radius 2 is 1.72 bits per heavy atom. The second-order valence-corrected chi connectivity index (χ2v) is 11.7. The molecule has 4 bridgehead atoms. The van der Waals surface area contributed by atoms with Gasteiger partial charge in [0.25, 0.3) is 0 Å². The van der Waals surface area contributed by atoms with Gasteiger partial charge in [0.05, 0.1) is 24.2 Å². The van der Waals surface area contributed by atoms with Crippen molar-refractivity contribution < 1.29 is 14.3 Å². The lowest BCUT2D eigenvalue weighted by molar-refractivity contribution is -0.140. The Hall–Kier alpha value is -3.41. The first-order valence-electron chi connectivity index (χ1n) is 14.6. The summed E-state index contributed by atoms with van der Waals surface area (Å²) >= 11 is 0. The molecule has 0 saturated heterocycles. The van der Waals surface area contributed by atoms with Crippen molar-refractivity contribution in [3.05, 3.63) is 71.5 Å². The molecule has 1 heterocycles. The highest BCUT2D eigenvalue weighted by molar-refractivity contribution is 5.75. The quantitative estimate of drug-likeness (QED) is 0.296. The predicted molar refractivity (Wildman–Crippen MR) is 153 cm³/mol. The minimum Gasteiger partial charge on any atom is -0.489 e. The molecule has 4 aliphatic carbocycles. The summed E-state index contributed by atoms with van der Waals surface area (Å²) in [5.41, 5.74) is 5.41. The zero-order valence-electron chi connectivity index (χ0n) is 23.1. The number of esters is 1. The van der Waals surface area contributed by atoms with Crippen molar-refractivity contribution in [1.29, 1.82) is 0 Å². The fraction of sp³-hybridized carbons (Fsp3) is 0.485. The lowest BCUT2D eigenvalue weighted by Gasteiger charge is -2.57. The Bertz CT molecular complexity index is 1290. The summed E-state index contributed by atoms with van der Waals surface area (Å²) in [7, 11) is 0. The van der Waals surface area contributed by atoms with Crippen molar-refractivity contribution in [1.82, 2.24) is 9.97 Å². The highest BCUT2D eigenvalue weighted by atomic mass is 16.5. The van der Waals surface area contributed by atoms with E-state index in [0.717, 1.165) is 46.9 Å². The first-order chi connectivity index (χ1) is 19.0. The molecule has 0 unspecified atom stereocenters. The van der Waals surface area contributed by atoms with Crippen molar-refractivity contribution in [2.24, 2.45) is 17.8 Å².